The van der Waals surface area contributed by atoms with Crippen molar-refractivity contribution >= 4 is 5.91 Å². The summed E-state index contributed by atoms with van der Waals surface area (Å²) in [5, 5.41) is 3.46. The van der Waals surface area contributed by atoms with Crippen LogP contribution in [0.4, 0.5) is 0 Å². The molecule has 1 amide bonds. The first-order valence-electron chi connectivity index (χ1n) is 6.74. The van der Waals surface area contributed by atoms with Gasteiger partial charge in [-0.3, -0.25) is 4.79 Å². The average Bonchev–Trinajstić information content (AvgIpc) is 2.36. The van der Waals surface area contributed by atoms with Crippen LogP contribution in [0.5, 0.6) is 0 Å². The molecule has 3 N–H and O–H groups in total. The Morgan fingerprint density at radius 2 is 2.16 bits per heavy atom. The molecule has 104 valence electrons. The maximum Gasteiger partial charge on any atom is 0.248 e. The van der Waals surface area contributed by atoms with Gasteiger partial charge in [-0.25, -0.2) is 0 Å². The molecule has 1 unspecified atom stereocenters. The predicted octanol–water partition coefficient (Wildman–Crippen LogP) is 3.01. The van der Waals surface area contributed by atoms with Crippen LogP contribution in [0.1, 0.15) is 49.5 Å². The van der Waals surface area contributed by atoms with Crippen LogP contribution in [0.2, 0.25) is 0 Å². The first kappa shape index (κ1) is 15.4. The van der Waals surface area contributed by atoms with Crippen molar-refractivity contribution in [2.24, 2.45) is 5.73 Å². The number of benzene rings is 1. The van der Waals surface area contributed by atoms with Gasteiger partial charge >= 0.3 is 0 Å². The summed E-state index contributed by atoms with van der Waals surface area (Å²) in [4.78, 5) is 11.1. The van der Waals surface area contributed by atoms with Gasteiger partial charge in [-0.05, 0) is 51.3 Å². The molecule has 3 nitrogen and oxygen atoms in total. The first-order valence-corrected chi connectivity index (χ1v) is 6.74. The van der Waals surface area contributed by atoms with E-state index >= 15 is 0 Å². The highest BCUT2D eigenvalue weighted by Gasteiger charge is 2.03. The third-order valence-corrected chi connectivity index (χ3v) is 3.02. The van der Waals surface area contributed by atoms with E-state index in [4.69, 9.17) is 5.73 Å². The molecule has 19 heavy (non-hydrogen) atoms. The van der Waals surface area contributed by atoms with Crippen molar-refractivity contribution in [3.8, 4) is 0 Å². The van der Waals surface area contributed by atoms with E-state index in [1.807, 2.05) is 18.2 Å². The average molecular weight is 260 g/mol. The molecule has 0 bridgehead atoms. The van der Waals surface area contributed by atoms with Gasteiger partial charge in [0, 0.05) is 18.2 Å². The molecule has 0 saturated heterocycles. The highest BCUT2D eigenvalue weighted by Crippen LogP contribution is 2.06. The smallest absolute Gasteiger partial charge is 0.248 e. The minimum Gasteiger partial charge on any atom is -0.366 e. The summed E-state index contributed by atoms with van der Waals surface area (Å²) in [6.45, 7) is 7.18. The molecule has 1 rings (SSSR count). The predicted molar refractivity (Wildman–Crippen MR) is 79.9 cm³/mol. The van der Waals surface area contributed by atoms with Crippen molar-refractivity contribution in [2.75, 3.05) is 0 Å². The van der Waals surface area contributed by atoms with Gasteiger partial charge < -0.3 is 11.1 Å². The van der Waals surface area contributed by atoms with Crippen LogP contribution in [0.3, 0.4) is 0 Å². The van der Waals surface area contributed by atoms with Gasteiger partial charge in [0.25, 0.3) is 0 Å². The molecule has 0 aliphatic rings. The van der Waals surface area contributed by atoms with Crippen LogP contribution in [0, 0.1) is 0 Å². The summed E-state index contributed by atoms with van der Waals surface area (Å²) in [6.07, 6.45) is 4.46. The third-order valence-electron chi connectivity index (χ3n) is 3.02. The Morgan fingerprint density at radius 3 is 2.79 bits per heavy atom. The van der Waals surface area contributed by atoms with Crippen LogP contribution in [-0.4, -0.2) is 11.9 Å². The molecule has 0 radical (unpaired) electrons. The van der Waals surface area contributed by atoms with E-state index in [2.05, 4.69) is 32.2 Å². The van der Waals surface area contributed by atoms with E-state index in [1.165, 1.54) is 5.57 Å². The number of nitrogens with one attached hydrogen (secondary N) is 1. The number of primary amides is 1. The molecule has 0 fully saturated rings. The molecule has 1 aromatic carbocycles. The zero-order valence-electron chi connectivity index (χ0n) is 12.1. The first-order chi connectivity index (χ1) is 8.99. The Balaban J connectivity index is 2.41. The standard InChI is InChI=1S/C16H24N2O/c1-12(2)6-4-7-13(3)18-11-14-8-5-9-15(10-14)16(17)19/h5-6,8-10,13,18H,4,7,11H2,1-3H3,(H2,17,19). The Morgan fingerprint density at radius 1 is 1.42 bits per heavy atom. The second kappa shape index (κ2) is 7.74. The molecule has 0 heterocycles. The molecule has 0 aliphatic heterocycles. The summed E-state index contributed by atoms with van der Waals surface area (Å²) < 4.78 is 0. The van der Waals surface area contributed by atoms with Crippen LogP contribution in [0.15, 0.2) is 35.9 Å². The van der Waals surface area contributed by atoms with Gasteiger partial charge in [-0.2, -0.15) is 0 Å². The van der Waals surface area contributed by atoms with Gasteiger partial charge in [0.15, 0.2) is 0 Å². The van der Waals surface area contributed by atoms with Crippen LogP contribution in [0.25, 0.3) is 0 Å². The largest absolute Gasteiger partial charge is 0.366 e. The quantitative estimate of drug-likeness (QED) is 0.740. The van der Waals surface area contributed by atoms with Crippen molar-refractivity contribution in [2.45, 2.75) is 46.2 Å². The number of amides is 1. The summed E-state index contributed by atoms with van der Waals surface area (Å²) in [7, 11) is 0. The summed E-state index contributed by atoms with van der Waals surface area (Å²) in [6, 6.07) is 7.91. The summed E-state index contributed by atoms with van der Waals surface area (Å²) in [5.41, 5.74) is 8.28. The number of hydrogen-bond acceptors (Lipinski definition) is 2. The minimum absolute atomic E-state index is 0.376. The highest BCUT2D eigenvalue weighted by atomic mass is 16.1. The molecule has 0 spiro atoms. The van der Waals surface area contributed by atoms with E-state index in [0.29, 0.717) is 11.6 Å². The maximum atomic E-state index is 11.1. The van der Waals surface area contributed by atoms with Gasteiger partial charge in [0.2, 0.25) is 5.91 Å². The lowest BCUT2D eigenvalue weighted by Crippen LogP contribution is -2.25. The van der Waals surface area contributed by atoms with Gasteiger partial charge in [-0.1, -0.05) is 23.8 Å². The van der Waals surface area contributed by atoms with E-state index < -0.39 is 0 Å². The number of hydrogen-bond donors (Lipinski definition) is 2. The second-order valence-electron chi connectivity index (χ2n) is 5.21. The zero-order valence-corrected chi connectivity index (χ0v) is 12.1. The summed E-state index contributed by atoms with van der Waals surface area (Å²) in [5.74, 6) is -0.376. The van der Waals surface area contributed by atoms with E-state index in [0.717, 1.165) is 24.9 Å². The molecular formula is C16H24N2O. The topological polar surface area (TPSA) is 55.1 Å². The fourth-order valence-corrected chi connectivity index (χ4v) is 1.85. The lowest BCUT2D eigenvalue weighted by atomic mass is 10.1. The van der Waals surface area contributed by atoms with Gasteiger partial charge in [0.05, 0.1) is 0 Å². The van der Waals surface area contributed by atoms with Crippen LogP contribution < -0.4 is 11.1 Å². The van der Waals surface area contributed by atoms with E-state index in [9.17, 15) is 4.79 Å². The lowest BCUT2D eigenvalue weighted by Gasteiger charge is -2.13. The van der Waals surface area contributed by atoms with Crippen LogP contribution >= 0.6 is 0 Å². The Bertz CT molecular complexity index is 448. The molecular weight excluding hydrogens is 236 g/mol. The molecule has 0 saturated carbocycles. The molecule has 1 aromatic rings. The van der Waals surface area contributed by atoms with E-state index in [1.54, 1.807) is 6.07 Å². The SMILES string of the molecule is CC(C)=CCCC(C)NCc1cccc(C(N)=O)c1. The fraction of sp³-hybridized carbons (Fsp3) is 0.438. The van der Waals surface area contributed by atoms with Crippen molar-refractivity contribution in [3.63, 3.8) is 0 Å². The van der Waals surface area contributed by atoms with Gasteiger partial charge in [-0.15, -0.1) is 0 Å². The fourth-order valence-electron chi connectivity index (χ4n) is 1.85. The summed E-state index contributed by atoms with van der Waals surface area (Å²) >= 11 is 0. The third kappa shape index (κ3) is 6.20. The van der Waals surface area contributed by atoms with Crippen molar-refractivity contribution in [1.82, 2.24) is 5.32 Å². The number of rotatable bonds is 7. The molecule has 3 heteroatoms. The highest BCUT2D eigenvalue weighted by molar-refractivity contribution is 5.92. The molecule has 0 aliphatic carbocycles. The minimum atomic E-state index is -0.376. The lowest BCUT2D eigenvalue weighted by molar-refractivity contribution is 0.1000. The van der Waals surface area contributed by atoms with Crippen molar-refractivity contribution in [1.29, 1.82) is 0 Å². The monoisotopic (exact) mass is 260 g/mol. The zero-order chi connectivity index (χ0) is 14.3. The Labute approximate surface area is 115 Å². The van der Waals surface area contributed by atoms with Crippen LogP contribution in [-0.2, 0) is 6.54 Å². The maximum absolute atomic E-state index is 11.1. The number of carbonyl (C=O) groups is 1. The normalized spacial score (nSPS) is 11.9. The Hall–Kier alpha value is -1.61. The van der Waals surface area contributed by atoms with Crippen molar-refractivity contribution < 1.29 is 4.79 Å². The second-order valence-corrected chi connectivity index (χ2v) is 5.21. The Kier molecular flexibility index (Phi) is 6.30. The number of nitrogens with two attached hydrogens (primary N) is 1. The molecule has 1 atom stereocenters. The van der Waals surface area contributed by atoms with Crippen molar-refractivity contribution in [3.05, 3.63) is 47.0 Å². The van der Waals surface area contributed by atoms with E-state index in [-0.39, 0.29) is 5.91 Å². The number of carbonyl (C=O) groups excluding carboxylic acids is 1. The number of allylic oxidation sites excluding steroid dienone is 2. The van der Waals surface area contributed by atoms with Gasteiger partial charge in [0.1, 0.15) is 0 Å². The molecule has 0 aromatic heterocycles.